The Balaban J connectivity index is 3.10. The van der Waals surface area contributed by atoms with E-state index in [1.807, 2.05) is 19.1 Å². The highest BCUT2D eigenvalue weighted by atomic mass is 35.5. The first-order chi connectivity index (χ1) is 8.12. The standard InChI is InChI=1S/C13H14ClNO2/c1-3-17-13(16)6-10-4-9(2)5-11(7-14)12(10)8-15/h4-5H,3,6-7H2,1-2H3. The fourth-order valence-corrected chi connectivity index (χ4v) is 1.91. The van der Waals surface area contributed by atoms with E-state index in [0.29, 0.717) is 17.7 Å². The molecular weight excluding hydrogens is 238 g/mol. The number of benzene rings is 1. The lowest BCUT2D eigenvalue weighted by atomic mass is 9.97. The van der Waals surface area contributed by atoms with Crippen LogP contribution in [-0.2, 0) is 21.8 Å². The Hall–Kier alpha value is -1.53. The Morgan fingerprint density at radius 2 is 2.12 bits per heavy atom. The van der Waals surface area contributed by atoms with E-state index in [-0.39, 0.29) is 18.3 Å². The van der Waals surface area contributed by atoms with Crippen LogP contribution in [0.15, 0.2) is 12.1 Å². The van der Waals surface area contributed by atoms with Gasteiger partial charge in [0.05, 0.1) is 24.7 Å². The molecule has 0 aliphatic heterocycles. The Morgan fingerprint density at radius 1 is 1.47 bits per heavy atom. The molecule has 0 aliphatic carbocycles. The molecule has 0 saturated carbocycles. The van der Waals surface area contributed by atoms with E-state index in [9.17, 15) is 4.79 Å². The van der Waals surface area contributed by atoms with E-state index in [1.165, 1.54) is 0 Å². The fraction of sp³-hybridized carbons (Fsp3) is 0.385. The van der Waals surface area contributed by atoms with Crippen LogP contribution >= 0.6 is 11.6 Å². The molecule has 0 heterocycles. The number of esters is 1. The average Bonchev–Trinajstić information content (AvgIpc) is 2.28. The molecule has 0 spiro atoms. The first kappa shape index (κ1) is 13.5. The summed E-state index contributed by atoms with van der Waals surface area (Å²) in [6.45, 7) is 4.00. The largest absolute Gasteiger partial charge is 0.466 e. The summed E-state index contributed by atoms with van der Waals surface area (Å²) < 4.78 is 4.88. The van der Waals surface area contributed by atoms with Crippen LogP contribution in [0.2, 0.25) is 0 Å². The van der Waals surface area contributed by atoms with E-state index in [0.717, 1.165) is 11.1 Å². The first-order valence-corrected chi connectivity index (χ1v) is 5.89. The van der Waals surface area contributed by atoms with Gasteiger partial charge < -0.3 is 4.74 Å². The zero-order valence-electron chi connectivity index (χ0n) is 9.92. The molecule has 0 amide bonds. The van der Waals surface area contributed by atoms with Gasteiger partial charge in [0.15, 0.2) is 0 Å². The predicted octanol–water partition coefficient (Wildman–Crippen LogP) is 2.71. The normalized spacial score (nSPS) is 9.76. The van der Waals surface area contributed by atoms with Crippen molar-refractivity contribution >= 4 is 17.6 Å². The summed E-state index contributed by atoms with van der Waals surface area (Å²) in [5.74, 6) is -0.0597. The molecule has 0 N–H and O–H groups in total. The first-order valence-electron chi connectivity index (χ1n) is 5.36. The molecule has 0 atom stereocenters. The Kier molecular flexibility index (Phi) is 4.99. The molecule has 0 fully saturated rings. The summed E-state index contributed by atoms with van der Waals surface area (Å²) in [5, 5.41) is 9.10. The molecule has 0 saturated heterocycles. The van der Waals surface area contributed by atoms with Gasteiger partial charge in [-0.1, -0.05) is 17.7 Å². The molecule has 0 radical (unpaired) electrons. The second kappa shape index (κ2) is 6.27. The van der Waals surface area contributed by atoms with Gasteiger partial charge in [-0.05, 0) is 25.0 Å². The van der Waals surface area contributed by atoms with Crippen LogP contribution in [-0.4, -0.2) is 12.6 Å². The summed E-state index contributed by atoms with van der Waals surface area (Å²) in [5.41, 5.74) is 2.91. The molecule has 1 aromatic rings. The number of carbonyl (C=O) groups is 1. The van der Waals surface area contributed by atoms with Crippen molar-refractivity contribution in [2.45, 2.75) is 26.1 Å². The highest BCUT2D eigenvalue weighted by Crippen LogP contribution is 2.19. The van der Waals surface area contributed by atoms with Crippen LogP contribution in [0, 0.1) is 18.3 Å². The quantitative estimate of drug-likeness (QED) is 0.611. The maximum atomic E-state index is 11.4. The minimum absolute atomic E-state index is 0.113. The third-order valence-electron chi connectivity index (χ3n) is 2.34. The van der Waals surface area contributed by atoms with Crippen molar-refractivity contribution < 1.29 is 9.53 Å². The van der Waals surface area contributed by atoms with Gasteiger partial charge in [-0.2, -0.15) is 5.26 Å². The molecule has 3 nitrogen and oxygen atoms in total. The van der Waals surface area contributed by atoms with Crippen LogP contribution in [0.1, 0.15) is 29.2 Å². The van der Waals surface area contributed by atoms with Crippen LogP contribution in [0.5, 0.6) is 0 Å². The van der Waals surface area contributed by atoms with Crippen molar-refractivity contribution in [2.75, 3.05) is 6.61 Å². The number of alkyl halides is 1. The number of hydrogen-bond donors (Lipinski definition) is 0. The second-order valence-corrected chi connectivity index (χ2v) is 3.95. The maximum absolute atomic E-state index is 11.4. The van der Waals surface area contributed by atoms with Gasteiger partial charge in [0.25, 0.3) is 0 Å². The fourth-order valence-electron chi connectivity index (χ4n) is 1.70. The van der Waals surface area contributed by atoms with Gasteiger partial charge in [-0.15, -0.1) is 11.6 Å². The second-order valence-electron chi connectivity index (χ2n) is 3.69. The van der Waals surface area contributed by atoms with E-state index in [1.54, 1.807) is 6.92 Å². The van der Waals surface area contributed by atoms with E-state index < -0.39 is 0 Å². The molecule has 1 rings (SSSR count). The number of nitriles is 1. The van der Waals surface area contributed by atoms with Gasteiger partial charge in [-0.25, -0.2) is 0 Å². The van der Waals surface area contributed by atoms with Gasteiger partial charge in [-0.3, -0.25) is 4.79 Å². The van der Waals surface area contributed by atoms with Gasteiger partial charge in [0, 0.05) is 5.88 Å². The predicted molar refractivity (Wildman–Crippen MR) is 65.8 cm³/mol. The summed E-state index contributed by atoms with van der Waals surface area (Å²) in [7, 11) is 0. The van der Waals surface area contributed by atoms with Crippen molar-refractivity contribution in [3.8, 4) is 6.07 Å². The molecule has 90 valence electrons. The number of ether oxygens (including phenoxy) is 1. The van der Waals surface area contributed by atoms with Gasteiger partial charge >= 0.3 is 5.97 Å². The highest BCUT2D eigenvalue weighted by molar-refractivity contribution is 6.17. The highest BCUT2D eigenvalue weighted by Gasteiger charge is 2.13. The molecule has 0 unspecified atom stereocenters. The van der Waals surface area contributed by atoms with E-state index >= 15 is 0 Å². The number of carbonyl (C=O) groups excluding carboxylic acids is 1. The zero-order valence-corrected chi connectivity index (χ0v) is 10.7. The summed E-state index contributed by atoms with van der Waals surface area (Å²) in [6, 6.07) is 5.78. The number of rotatable bonds is 4. The van der Waals surface area contributed by atoms with Gasteiger partial charge in [0.2, 0.25) is 0 Å². The summed E-state index contributed by atoms with van der Waals surface area (Å²) in [6.07, 6.45) is 0.113. The summed E-state index contributed by atoms with van der Waals surface area (Å²) in [4.78, 5) is 11.4. The molecule has 1 aromatic carbocycles. The lowest BCUT2D eigenvalue weighted by Crippen LogP contribution is -2.09. The minimum atomic E-state index is -0.324. The number of aryl methyl sites for hydroxylation is 1. The molecular formula is C13H14ClNO2. The lowest BCUT2D eigenvalue weighted by molar-refractivity contribution is -0.142. The smallest absolute Gasteiger partial charge is 0.310 e. The monoisotopic (exact) mass is 251 g/mol. The maximum Gasteiger partial charge on any atom is 0.310 e. The zero-order chi connectivity index (χ0) is 12.8. The van der Waals surface area contributed by atoms with Crippen LogP contribution in [0.25, 0.3) is 0 Å². The Bertz CT molecular complexity index is 463. The van der Waals surface area contributed by atoms with Crippen LogP contribution < -0.4 is 0 Å². The Morgan fingerprint density at radius 3 is 2.65 bits per heavy atom. The third-order valence-corrected chi connectivity index (χ3v) is 2.63. The average molecular weight is 252 g/mol. The number of halogens is 1. The van der Waals surface area contributed by atoms with Gasteiger partial charge in [0.1, 0.15) is 0 Å². The minimum Gasteiger partial charge on any atom is -0.466 e. The van der Waals surface area contributed by atoms with Crippen LogP contribution in [0.3, 0.4) is 0 Å². The van der Waals surface area contributed by atoms with Crippen molar-refractivity contribution in [1.29, 1.82) is 5.26 Å². The summed E-state index contributed by atoms with van der Waals surface area (Å²) >= 11 is 5.79. The van der Waals surface area contributed by atoms with Crippen LogP contribution in [0.4, 0.5) is 0 Å². The van der Waals surface area contributed by atoms with Crippen molar-refractivity contribution in [3.63, 3.8) is 0 Å². The molecule has 0 bridgehead atoms. The van der Waals surface area contributed by atoms with Crippen molar-refractivity contribution in [3.05, 3.63) is 34.4 Å². The lowest BCUT2D eigenvalue weighted by Gasteiger charge is -2.09. The molecule has 0 aliphatic rings. The number of hydrogen-bond acceptors (Lipinski definition) is 3. The SMILES string of the molecule is CCOC(=O)Cc1cc(C)cc(CCl)c1C#N. The molecule has 17 heavy (non-hydrogen) atoms. The van der Waals surface area contributed by atoms with Crippen molar-refractivity contribution in [1.82, 2.24) is 0 Å². The Labute approximate surface area is 106 Å². The van der Waals surface area contributed by atoms with E-state index in [2.05, 4.69) is 6.07 Å². The molecule has 0 aromatic heterocycles. The third kappa shape index (κ3) is 3.47. The van der Waals surface area contributed by atoms with E-state index in [4.69, 9.17) is 21.6 Å². The molecule has 4 heteroatoms. The topological polar surface area (TPSA) is 50.1 Å². The number of nitrogens with zero attached hydrogens (tertiary/aromatic N) is 1. The van der Waals surface area contributed by atoms with Crippen molar-refractivity contribution in [2.24, 2.45) is 0 Å².